The number of fused-ring (bicyclic) bond motifs is 1. The Balaban J connectivity index is 0.00000154. The van der Waals surface area contributed by atoms with E-state index >= 15 is 4.39 Å². The van der Waals surface area contributed by atoms with E-state index in [1.165, 1.54) is 69.1 Å². The third kappa shape index (κ3) is 6.39. The van der Waals surface area contributed by atoms with Crippen molar-refractivity contribution in [1.29, 1.82) is 0 Å². The number of amides is 1. The van der Waals surface area contributed by atoms with Crippen molar-refractivity contribution in [2.24, 2.45) is 5.41 Å². The number of hydrogen-bond donors (Lipinski definition) is 6. The summed E-state index contributed by atoms with van der Waals surface area (Å²) in [7, 11) is 1.34. The number of rotatable bonds is 10. The summed E-state index contributed by atoms with van der Waals surface area (Å²) in [6.07, 6.45) is 1.93. The minimum absolute atomic E-state index is 0.0176. The van der Waals surface area contributed by atoms with Crippen LogP contribution in [-0.2, 0) is 27.3 Å². The third-order valence-corrected chi connectivity index (χ3v) is 8.46. The predicted molar refractivity (Wildman–Crippen MR) is 164 cm³/mol. The van der Waals surface area contributed by atoms with Gasteiger partial charge in [0, 0.05) is 23.9 Å². The highest BCUT2D eigenvalue weighted by atomic mass is 35.5. The Hall–Kier alpha value is -2.75. The Bertz CT molecular complexity index is 1560. The molecule has 1 unspecified atom stereocenters. The molecule has 1 aromatic heterocycles. The second-order valence-corrected chi connectivity index (χ2v) is 12.6. The maximum absolute atomic E-state index is 16.5. The molecule has 2 aromatic carbocycles. The maximum atomic E-state index is 16.5. The van der Waals surface area contributed by atoms with Gasteiger partial charge in [0.2, 0.25) is 5.72 Å². The number of halogens is 3. The Kier molecular flexibility index (Phi) is 10.2. The lowest BCUT2D eigenvalue weighted by Crippen LogP contribution is -2.61. The Labute approximate surface area is 275 Å². The summed E-state index contributed by atoms with van der Waals surface area (Å²) < 4.78 is 27.5. The Morgan fingerprint density at radius 1 is 0.978 bits per heavy atom. The van der Waals surface area contributed by atoms with Crippen LogP contribution in [0.5, 0.6) is 0 Å². The van der Waals surface area contributed by atoms with E-state index < -0.39 is 52.5 Å². The first kappa shape index (κ1) is 36.1. The summed E-state index contributed by atoms with van der Waals surface area (Å²) in [5.74, 6) is -9.14. The second-order valence-electron chi connectivity index (χ2n) is 11.7. The first-order valence-electron chi connectivity index (χ1n) is 14.5. The van der Waals surface area contributed by atoms with Gasteiger partial charge in [-0.05, 0) is 61.7 Å². The van der Waals surface area contributed by atoms with Gasteiger partial charge in [-0.1, -0.05) is 55.6 Å². The van der Waals surface area contributed by atoms with Gasteiger partial charge in [-0.3, -0.25) is 19.4 Å². The minimum Gasteiger partial charge on any atom is -0.383 e. The average molecular weight is 684 g/mol. The van der Waals surface area contributed by atoms with Crippen molar-refractivity contribution in [3.63, 3.8) is 0 Å². The van der Waals surface area contributed by atoms with Crippen LogP contribution in [0.4, 0.5) is 4.39 Å². The minimum atomic E-state index is -3.63. The molecule has 5 rings (SSSR count). The van der Waals surface area contributed by atoms with Crippen LogP contribution in [-0.4, -0.2) is 72.1 Å². The zero-order valence-corrected chi connectivity index (χ0v) is 27.2. The van der Waals surface area contributed by atoms with Gasteiger partial charge >= 0.3 is 0 Å². The standard InChI is InChI=1S/C29H29Cl2FN2O9.C3H8/c1-25(36,15-42-2)17-11-21-23(22(32)12-17)27(16-3-5-18(30)6-4-16,43-29(40,41)26(9-10-26)28(37,38)39)34(24(21)35)14-20-8-7-19(31)13-33-20;1-3-2/h3-8,11-13,36-41H,9-10,14-15H2,1-2H3;3H2,1-2H3/t25?,27-;/m1./s1. The summed E-state index contributed by atoms with van der Waals surface area (Å²) in [4.78, 5) is 19.4. The number of aromatic nitrogens is 1. The second kappa shape index (κ2) is 13.0. The van der Waals surface area contributed by atoms with Crippen molar-refractivity contribution >= 4 is 29.1 Å². The van der Waals surface area contributed by atoms with Crippen LogP contribution in [0.2, 0.25) is 10.0 Å². The van der Waals surface area contributed by atoms with Crippen molar-refractivity contribution in [2.75, 3.05) is 13.7 Å². The van der Waals surface area contributed by atoms with Gasteiger partial charge < -0.3 is 35.4 Å². The SMILES string of the molecule is CCC.COCC(C)(O)c1cc(F)c2c(c1)C(=O)N(Cc1ccc(Cl)cn1)[C@@]2(OC(O)(O)C1(C(O)(O)O)CC1)c1ccc(Cl)cc1. The lowest BCUT2D eigenvalue weighted by molar-refractivity contribution is -0.484. The molecule has 0 radical (unpaired) electrons. The molecular formula is C32H37Cl2FN2O9. The summed E-state index contributed by atoms with van der Waals surface area (Å²) in [5.41, 5.74) is -7.29. The molecule has 2 heterocycles. The number of pyridine rings is 1. The zero-order chi connectivity index (χ0) is 34.3. The molecular weight excluding hydrogens is 646 g/mol. The molecule has 1 amide bonds. The lowest BCUT2D eigenvalue weighted by Gasteiger charge is -2.46. The molecule has 250 valence electrons. The fourth-order valence-electron chi connectivity index (χ4n) is 5.51. The van der Waals surface area contributed by atoms with Crippen LogP contribution >= 0.6 is 23.2 Å². The van der Waals surface area contributed by atoms with E-state index in [1.54, 1.807) is 0 Å². The van der Waals surface area contributed by atoms with Gasteiger partial charge in [0.1, 0.15) is 16.8 Å². The molecule has 1 fully saturated rings. The number of benzene rings is 2. The molecule has 11 nitrogen and oxygen atoms in total. The summed E-state index contributed by atoms with van der Waals surface area (Å²) in [6, 6.07) is 10.7. The van der Waals surface area contributed by atoms with E-state index in [-0.39, 0.29) is 46.9 Å². The molecule has 0 bridgehead atoms. The summed E-state index contributed by atoms with van der Waals surface area (Å²) in [6.45, 7) is 4.96. The van der Waals surface area contributed by atoms with Crippen molar-refractivity contribution in [2.45, 2.75) is 69.9 Å². The predicted octanol–water partition coefficient (Wildman–Crippen LogP) is 3.72. The normalized spacial score (nSPS) is 20.1. The van der Waals surface area contributed by atoms with E-state index in [0.29, 0.717) is 5.02 Å². The van der Waals surface area contributed by atoms with Crippen LogP contribution in [0.3, 0.4) is 0 Å². The first-order valence-corrected chi connectivity index (χ1v) is 15.2. The largest absolute Gasteiger partial charge is 0.383 e. The number of ether oxygens (including phenoxy) is 2. The zero-order valence-electron chi connectivity index (χ0n) is 25.7. The van der Waals surface area contributed by atoms with Crippen LogP contribution in [0.25, 0.3) is 0 Å². The van der Waals surface area contributed by atoms with Crippen LogP contribution in [0, 0.1) is 11.2 Å². The van der Waals surface area contributed by atoms with Gasteiger partial charge in [-0.2, -0.15) is 0 Å². The van der Waals surface area contributed by atoms with Gasteiger partial charge in [0.15, 0.2) is 0 Å². The highest BCUT2D eigenvalue weighted by Crippen LogP contribution is 2.62. The molecule has 6 N–H and O–H groups in total. The van der Waals surface area contributed by atoms with E-state index in [2.05, 4.69) is 18.8 Å². The van der Waals surface area contributed by atoms with Gasteiger partial charge in [-0.25, -0.2) is 4.39 Å². The van der Waals surface area contributed by atoms with Gasteiger partial charge in [0.05, 0.1) is 35.0 Å². The molecule has 14 heteroatoms. The molecule has 1 aliphatic heterocycles. The van der Waals surface area contributed by atoms with E-state index in [4.69, 9.17) is 32.7 Å². The highest BCUT2D eigenvalue weighted by molar-refractivity contribution is 6.30. The fraction of sp³-hybridized carbons (Fsp3) is 0.438. The maximum Gasteiger partial charge on any atom is 0.294 e. The van der Waals surface area contributed by atoms with Crippen molar-refractivity contribution in [3.8, 4) is 0 Å². The topological polar surface area (TPSA) is 173 Å². The number of methoxy groups -OCH3 is 1. The molecule has 1 aliphatic carbocycles. The van der Waals surface area contributed by atoms with E-state index in [9.17, 15) is 35.4 Å². The van der Waals surface area contributed by atoms with Crippen molar-refractivity contribution in [3.05, 3.63) is 98.5 Å². The smallest absolute Gasteiger partial charge is 0.294 e. The molecule has 1 saturated carbocycles. The van der Waals surface area contributed by atoms with Crippen molar-refractivity contribution < 1.29 is 49.3 Å². The Morgan fingerprint density at radius 2 is 1.57 bits per heavy atom. The molecule has 46 heavy (non-hydrogen) atoms. The monoisotopic (exact) mass is 682 g/mol. The van der Waals surface area contributed by atoms with Crippen LogP contribution < -0.4 is 0 Å². The number of aliphatic hydroxyl groups is 6. The Morgan fingerprint density at radius 3 is 2.07 bits per heavy atom. The van der Waals surface area contributed by atoms with E-state index in [0.717, 1.165) is 11.0 Å². The first-order chi connectivity index (χ1) is 21.4. The number of nitrogens with zero attached hydrogens (tertiary/aromatic N) is 2. The van der Waals surface area contributed by atoms with E-state index in [1.807, 2.05) is 0 Å². The molecule has 3 aromatic rings. The number of hydrogen-bond acceptors (Lipinski definition) is 10. The fourth-order valence-corrected chi connectivity index (χ4v) is 5.75. The molecule has 2 atom stereocenters. The van der Waals surface area contributed by atoms with Gasteiger partial charge in [-0.15, -0.1) is 0 Å². The average Bonchev–Trinajstić information content (AvgIpc) is 3.76. The number of carbonyl (C=O) groups excluding carboxylic acids is 1. The molecule has 2 aliphatic rings. The van der Waals surface area contributed by atoms with Gasteiger partial charge in [0.25, 0.3) is 17.9 Å². The number of carbonyl (C=O) groups is 1. The molecule has 0 spiro atoms. The van der Waals surface area contributed by atoms with Crippen LogP contribution in [0.15, 0.2) is 54.7 Å². The third-order valence-electron chi connectivity index (χ3n) is 7.98. The molecule has 0 saturated heterocycles. The van der Waals surface area contributed by atoms with Crippen molar-refractivity contribution in [1.82, 2.24) is 9.88 Å². The lowest BCUT2D eigenvalue weighted by atomic mass is 9.88. The quantitative estimate of drug-likeness (QED) is 0.173. The van der Waals surface area contributed by atoms with Crippen LogP contribution in [0.1, 0.15) is 72.8 Å². The highest BCUT2D eigenvalue weighted by Gasteiger charge is 2.74. The summed E-state index contributed by atoms with van der Waals surface area (Å²) >= 11 is 12.1. The summed E-state index contributed by atoms with van der Waals surface area (Å²) in [5, 5.41) is 64.5.